The van der Waals surface area contributed by atoms with Crippen LogP contribution in [0.25, 0.3) is 0 Å². The minimum atomic E-state index is -3.55. The minimum absolute atomic E-state index is 0.137. The molecule has 1 aromatic rings. The van der Waals surface area contributed by atoms with Gasteiger partial charge in [0.05, 0.1) is 4.90 Å². The van der Waals surface area contributed by atoms with Crippen molar-refractivity contribution < 1.29 is 12.8 Å². The molecular formula is C14H21FN2O2S. The van der Waals surface area contributed by atoms with E-state index in [9.17, 15) is 12.8 Å². The fourth-order valence-corrected chi connectivity index (χ4v) is 3.72. The summed E-state index contributed by atoms with van der Waals surface area (Å²) in [7, 11) is -3.55. The normalized spacial score (nSPS) is 19.4. The number of rotatable bonds is 5. The van der Waals surface area contributed by atoms with Gasteiger partial charge in [0, 0.05) is 6.54 Å². The monoisotopic (exact) mass is 300 g/mol. The number of hydrogen-bond acceptors (Lipinski definition) is 3. The summed E-state index contributed by atoms with van der Waals surface area (Å²) >= 11 is 0. The lowest BCUT2D eigenvalue weighted by molar-refractivity contribution is 0.519. The zero-order chi connectivity index (χ0) is 14.8. The van der Waals surface area contributed by atoms with E-state index in [-0.39, 0.29) is 10.7 Å². The van der Waals surface area contributed by atoms with E-state index >= 15 is 0 Å². The van der Waals surface area contributed by atoms with E-state index in [0.717, 1.165) is 25.9 Å². The molecule has 20 heavy (non-hydrogen) atoms. The van der Waals surface area contributed by atoms with Crippen LogP contribution in [0.5, 0.6) is 0 Å². The minimum Gasteiger partial charge on any atom is -0.316 e. The summed E-state index contributed by atoms with van der Waals surface area (Å²) in [6.45, 7) is 5.53. The third-order valence-corrected chi connectivity index (χ3v) is 5.17. The highest BCUT2D eigenvalue weighted by molar-refractivity contribution is 7.89. The molecule has 1 aromatic carbocycles. The summed E-state index contributed by atoms with van der Waals surface area (Å²) < 4.78 is 40.5. The number of nitrogens with one attached hydrogen (secondary N) is 2. The highest BCUT2D eigenvalue weighted by atomic mass is 32.2. The lowest BCUT2D eigenvalue weighted by Gasteiger charge is -2.11. The molecule has 1 aliphatic rings. The number of aryl methyl sites for hydroxylation is 2. The number of sulfonamides is 1. The molecule has 2 rings (SSSR count). The van der Waals surface area contributed by atoms with Gasteiger partial charge in [-0.2, -0.15) is 0 Å². The second-order valence-electron chi connectivity index (χ2n) is 5.42. The summed E-state index contributed by atoms with van der Waals surface area (Å²) in [4.78, 5) is 0.137. The molecule has 1 atom stereocenters. The van der Waals surface area contributed by atoms with Crippen LogP contribution in [0.4, 0.5) is 4.39 Å². The van der Waals surface area contributed by atoms with E-state index in [1.807, 2.05) is 0 Å². The molecule has 1 heterocycles. The molecule has 0 aliphatic carbocycles. The van der Waals surface area contributed by atoms with Crippen molar-refractivity contribution >= 4 is 10.0 Å². The van der Waals surface area contributed by atoms with Crippen molar-refractivity contribution in [1.82, 2.24) is 10.0 Å². The maximum atomic E-state index is 13.5. The van der Waals surface area contributed by atoms with Gasteiger partial charge in [-0.05, 0) is 69.0 Å². The van der Waals surface area contributed by atoms with Gasteiger partial charge >= 0.3 is 0 Å². The Bertz CT molecular complexity index is 558. The topological polar surface area (TPSA) is 58.2 Å². The molecule has 0 saturated carbocycles. The Morgan fingerprint density at radius 2 is 2.00 bits per heavy atom. The second kappa shape index (κ2) is 6.20. The fourth-order valence-electron chi connectivity index (χ4n) is 2.50. The first kappa shape index (κ1) is 15.4. The molecule has 0 spiro atoms. The number of hydrogen-bond donors (Lipinski definition) is 2. The lowest BCUT2D eigenvalue weighted by atomic mass is 10.1. The predicted molar refractivity (Wildman–Crippen MR) is 76.7 cm³/mol. The van der Waals surface area contributed by atoms with Gasteiger partial charge in [-0.3, -0.25) is 0 Å². The Labute approximate surface area is 119 Å². The molecule has 0 amide bonds. The Hall–Kier alpha value is -0.980. The van der Waals surface area contributed by atoms with Gasteiger partial charge in [0.25, 0.3) is 0 Å². The van der Waals surface area contributed by atoms with Gasteiger partial charge in [-0.25, -0.2) is 17.5 Å². The Balaban J connectivity index is 2.02. The van der Waals surface area contributed by atoms with E-state index in [4.69, 9.17) is 0 Å². The molecule has 0 bridgehead atoms. The van der Waals surface area contributed by atoms with Crippen LogP contribution in [0, 0.1) is 25.6 Å². The third kappa shape index (κ3) is 3.56. The summed E-state index contributed by atoms with van der Waals surface area (Å²) in [5, 5.41) is 3.25. The van der Waals surface area contributed by atoms with Gasteiger partial charge in [-0.15, -0.1) is 0 Å². The standard InChI is InChI=1S/C14H21FN2O2S/c1-10-7-13(8-11(2)14(10)15)20(18,19)17-6-4-12-3-5-16-9-12/h7-8,12,16-17H,3-6,9H2,1-2H3. The van der Waals surface area contributed by atoms with Crippen molar-refractivity contribution in [3.63, 3.8) is 0 Å². The van der Waals surface area contributed by atoms with Gasteiger partial charge in [0.15, 0.2) is 0 Å². The molecule has 1 unspecified atom stereocenters. The quantitative estimate of drug-likeness (QED) is 0.870. The summed E-state index contributed by atoms with van der Waals surface area (Å²) in [5.74, 6) is 0.190. The van der Waals surface area contributed by atoms with Gasteiger partial charge in [-0.1, -0.05) is 0 Å². The zero-order valence-electron chi connectivity index (χ0n) is 11.9. The van der Waals surface area contributed by atoms with Crippen molar-refractivity contribution in [3.05, 3.63) is 29.1 Å². The smallest absolute Gasteiger partial charge is 0.240 e. The maximum Gasteiger partial charge on any atom is 0.240 e. The highest BCUT2D eigenvalue weighted by Gasteiger charge is 2.19. The molecule has 2 N–H and O–H groups in total. The van der Waals surface area contributed by atoms with E-state index < -0.39 is 10.0 Å². The summed E-state index contributed by atoms with van der Waals surface area (Å²) in [6, 6.07) is 2.75. The Morgan fingerprint density at radius 3 is 2.55 bits per heavy atom. The van der Waals surface area contributed by atoms with Crippen LogP contribution in [0.1, 0.15) is 24.0 Å². The van der Waals surface area contributed by atoms with Crippen LogP contribution in [0.2, 0.25) is 0 Å². The van der Waals surface area contributed by atoms with Crippen molar-refractivity contribution in [2.75, 3.05) is 19.6 Å². The maximum absolute atomic E-state index is 13.5. The molecule has 4 nitrogen and oxygen atoms in total. The third-order valence-electron chi connectivity index (χ3n) is 3.73. The molecule has 0 aromatic heterocycles. The molecule has 6 heteroatoms. The average molecular weight is 300 g/mol. The van der Waals surface area contributed by atoms with E-state index in [2.05, 4.69) is 10.0 Å². The molecule has 1 saturated heterocycles. The van der Waals surface area contributed by atoms with Crippen molar-refractivity contribution in [2.45, 2.75) is 31.6 Å². The highest BCUT2D eigenvalue weighted by Crippen LogP contribution is 2.19. The number of benzene rings is 1. The van der Waals surface area contributed by atoms with E-state index in [1.54, 1.807) is 13.8 Å². The molecule has 112 valence electrons. The van der Waals surface area contributed by atoms with Crippen molar-refractivity contribution in [2.24, 2.45) is 5.92 Å². The Morgan fingerprint density at radius 1 is 1.35 bits per heavy atom. The zero-order valence-corrected chi connectivity index (χ0v) is 12.7. The van der Waals surface area contributed by atoms with Crippen LogP contribution in [0.15, 0.2) is 17.0 Å². The van der Waals surface area contributed by atoms with E-state index in [0.29, 0.717) is 23.6 Å². The first-order valence-corrected chi connectivity index (χ1v) is 8.35. The van der Waals surface area contributed by atoms with Gasteiger partial charge in [0.1, 0.15) is 5.82 Å². The Kier molecular flexibility index (Phi) is 4.78. The van der Waals surface area contributed by atoms with Crippen LogP contribution < -0.4 is 10.0 Å². The summed E-state index contributed by atoms with van der Waals surface area (Å²) in [6.07, 6.45) is 1.92. The molecule has 0 radical (unpaired) electrons. The predicted octanol–water partition coefficient (Wildman–Crippen LogP) is 1.72. The van der Waals surface area contributed by atoms with E-state index in [1.165, 1.54) is 12.1 Å². The van der Waals surface area contributed by atoms with Gasteiger partial charge in [0.2, 0.25) is 10.0 Å². The SMILES string of the molecule is Cc1cc(S(=O)(=O)NCCC2CCNC2)cc(C)c1F. The van der Waals surface area contributed by atoms with Crippen LogP contribution in [-0.2, 0) is 10.0 Å². The number of halogens is 1. The van der Waals surface area contributed by atoms with Gasteiger partial charge < -0.3 is 5.32 Å². The average Bonchev–Trinajstić information content (AvgIpc) is 2.88. The largest absolute Gasteiger partial charge is 0.316 e. The summed E-state index contributed by atoms with van der Waals surface area (Å²) in [5.41, 5.74) is 0.704. The van der Waals surface area contributed by atoms with Crippen LogP contribution >= 0.6 is 0 Å². The molecule has 1 aliphatic heterocycles. The molecule has 1 fully saturated rings. The first-order valence-electron chi connectivity index (χ1n) is 6.87. The van der Waals surface area contributed by atoms with Crippen LogP contribution in [0.3, 0.4) is 0 Å². The van der Waals surface area contributed by atoms with Crippen molar-refractivity contribution in [3.8, 4) is 0 Å². The van der Waals surface area contributed by atoms with Crippen molar-refractivity contribution in [1.29, 1.82) is 0 Å². The van der Waals surface area contributed by atoms with Crippen LogP contribution in [-0.4, -0.2) is 28.1 Å². The molecular weight excluding hydrogens is 279 g/mol. The first-order chi connectivity index (χ1) is 9.40. The fraction of sp³-hybridized carbons (Fsp3) is 0.571. The second-order valence-corrected chi connectivity index (χ2v) is 7.18. The lowest BCUT2D eigenvalue weighted by Crippen LogP contribution is -2.27.